The highest BCUT2D eigenvalue weighted by atomic mass is 32.2. The van der Waals surface area contributed by atoms with Crippen LogP contribution in [0.15, 0.2) is 24.3 Å². The Morgan fingerprint density at radius 2 is 2.05 bits per heavy atom. The maximum absolute atomic E-state index is 12.1. The van der Waals surface area contributed by atoms with E-state index in [1.165, 1.54) is 0 Å². The van der Waals surface area contributed by atoms with Crippen LogP contribution in [0.2, 0.25) is 0 Å². The van der Waals surface area contributed by atoms with Crippen molar-refractivity contribution in [3.8, 4) is 0 Å². The second-order valence-corrected chi connectivity index (χ2v) is 7.19. The third-order valence-electron chi connectivity index (χ3n) is 3.62. The summed E-state index contributed by atoms with van der Waals surface area (Å²) in [6.45, 7) is 2.84. The van der Waals surface area contributed by atoms with Crippen LogP contribution in [-0.4, -0.2) is 39.4 Å². The predicted octanol–water partition coefficient (Wildman–Crippen LogP) is 0.893. The number of aryl methyl sites for hydroxylation is 1. The first-order valence-corrected chi connectivity index (χ1v) is 8.28. The van der Waals surface area contributed by atoms with Gasteiger partial charge in [0.2, 0.25) is 15.9 Å². The third-order valence-corrected chi connectivity index (χ3v) is 4.92. The van der Waals surface area contributed by atoms with Crippen molar-refractivity contribution in [1.82, 2.24) is 9.62 Å². The van der Waals surface area contributed by atoms with Gasteiger partial charge in [0.25, 0.3) is 0 Å². The predicted molar refractivity (Wildman–Crippen MR) is 77.5 cm³/mol. The van der Waals surface area contributed by atoms with E-state index >= 15 is 0 Å². The largest absolute Gasteiger partial charge is 0.345 e. The lowest BCUT2D eigenvalue weighted by Crippen LogP contribution is -2.31. The van der Waals surface area contributed by atoms with E-state index in [1.54, 1.807) is 11.9 Å². The van der Waals surface area contributed by atoms with Gasteiger partial charge in [0.1, 0.15) is 0 Å². The van der Waals surface area contributed by atoms with E-state index in [2.05, 4.69) is 4.72 Å². The molecule has 1 N–H and O–H groups in total. The molecule has 20 heavy (non-hydrogen) atoms. The molecule has 1 amide bonds. The summed E-state index contributed by atoms with van der Waals surface area (Å²) < 4.78 is 26.7. The maximum Gasteiger partial charge on any atom is 0.222 e. The Morgan fingerprint density at radius 1 is 1.35 bits per heavy atom. The standard InChI is InChI=1S/C14H20N2O3S/c1-11-5-3-4-6-13(11)10-20(18,19)15-8-12-7-14(17)16(2)9-12/h3-6,12,15H,7-10H2,1-2H3. The highest BCUT2D eigenvalue weighted by molar-refractivity contribution is 7.88. The highest BCUT2D eigenvalue weighted by Gasteiger charge is 2.27. The molecule has 1 atom stereocenters. The van der Waals surface area contributed by atoms with E-state index in [-0.39, 0.29) is 17.6 Å². The molecule has 0 saturated carbocycles. The summed E-state index contributed by atoms with van der Waals surface area (Å²) in [5.74, 6) is 0.128. The first kappa shape index (κ1) is 15.0. The van der Waals surface area contributed by atoms with Gasteiger partial charge in [0, 0.05) is 26.6 Å². The fourth-order valence-corrected chi connectivity index (χ4v) is 3.69. The van der Waals surface area contributed by atoms with E-state index < -0.39 is 10.0 Å². The molecule has 1 saturated heterocycles. The van der Waals surface area contributed by atoms with Gasteiger partial charge in [-0.05, 0) is 24.0 Å². The molecule has 1 heterocycles. The van der Waals surface area contributed by atoms with Gasteiger partial charge < -0.3 is 4.90 Å². The van der Waals surface area contributed by atoms with E-state index in [0.717, 1.165) is 11.1 Å². The molecule has 1 aliphatic heterocycles. The Bertz CT molecular complexity index is 598. The van der Waals surface area contributed by atoms with Crippen LogP contribution in [0, 0.1) is 12.8 Å². The Labute approximate surface area is 120 Å². The Morgan fingerprint density at radius 3 is 2.65 bits per heavy atom. The summed E-state index contributed by atoms with van der Waals surface area (Å²) in [5.41, 5.74) is 1.77. The molecule has 0 aliphatic carbocycles. The molecular weight excluding hydrogens is 276 g/mol. The zero-order valence-corrected chi connectivity index (χ0v) is 12.6. The first-order chi connectivity index (χ1) is 9.37. The normalized spacial score (nSPS) is 19.6. The first-order valence-electron chi connectivity index (χ1n) is 6.63. The number of benzene rings is 1. The van der Waals surface area contributed by atoms with Crippen molar-refractivity contribution in [3.63, 3.8) is 0 Å². The number of nitrogens with zero attached hydrogens (tertiary/aromatic N) is 1. The Kier molecular flexibility index (Phi) is 4.45. The summed E-state index contributed by atoms with van der Waals surface area (Å²) >= 11 is 0. The molecule has 0 aromatic heterocycles. The molecule has 110 valence electrons. The van der Waals surface area contributed by atoms with Gasteiger partial charge >= 0.3 is 0 Å². The number of hydrogen-bond donors (Lipinski definition) is 1. The molecule has 0 radical (unpaired) electrons. The van der Waals surface area contributed by atoms with Crippen LogP contribution in [0.3, 0.4) is 0 Å². The van der Waals surface area contributed by atoms with Crippen molar-refractivity contribution in [3.05, 3.63) is 35.4 Å². The lowest BCUT2D eigenvalue weighted by Gasteiger charge is -2.12. The minimum Gasteiger partial charge on any atom is -0.345 e. The monoisotopic (exact) mass is 296 g/mol. The van der Waals surface area contributed by atoms with Crippen molar-refractivity contribution >= 4 is 15.9 Å². The molecule has 1 aliphatic rings. The average Bonchev–Trinajstić information content (AvgIpc) is 2.69. The van der Waals surface area contributed by atoms with Crippen molar-refractivity contribution in [1.29, 1.82) is 0 Å². The lowest BCUT2D eigenvalue weighted by molar-refractivity contribution is -0.126. The van der Waals surface area contributed by atoms with Gasteiger partial charge in [-0.1, -0.05) is 24.3 Å². The minimum absolute atomic E-state index is 0.0177. The molecule has 0 spiro atoms. The van der Waals surface area contributed by atoms with Crippen LogP contribution >= 0.6 is 0 Å². The topological polar surface area (TPSA) is 66.5 Å². The van der Waals surface area contributed by atoms with Crippen LogP contribution in [0.1, 0.15) is 17.5 Å². The van der Waals surface area contributed by atoms with Gasteiger partial charge in [-0.2, -0.15) is 0 Å². The molecule has 1 fully saturated rings. The average molecular weight is 296 g/mol. The minimum atomic E-state index is -3.36. The maximum atomic E-state index is 12.1. The van der Waals surface area contributed by atoms with Crippen molar-refractivity contribution in [2.75, 3.05) is 20.1 Å². The molecule has 0 bridgehead atoms. The number of carbonyl (C=O) groups is 1. The number of nitrogens with one attached hydrogen (secondary N) is 1. The van der Waals surface area contributed by atoms with Gasteiger partial charge in [-0.3, -0.25) is 4.79 Å². The van der Waals surface area contributed by atoms with E-state index in [4.69, 9.17) is 0 Å². The van der Waals surface area contributed by atoms with Gasteiger partial charge in [-0.15, -0.1) is 0 Å². The number of rotatable bonds is 5. The zero-order chi connectivity index (χ0) is 14.8. The molecule has 1 aromatic rings. The Balaban J connectivity index is 1.92. The molecule has 1 aromatic carbocycles. The fraction of sp³-hybridized carbons (Fsp3) is 0.500. The zero-order valence-electron chi connectivity index (χ0n) is 11.8. The van der Waals surface area contributed by atoms with Crippen LogP contribution in [0.25, 0.3) is 0 Å². The summed E-state index contributed by atoms with van der Waals surface area (Å²) in [6, 6.07) is 7.44. The van der Waals surface area contributed by atoms with Crippen LogP contribution < -0.4 is 4.72 Å². The second kappa shape index (κ2) is 5.93. The number of sulfonamides is 1. The van der Waals surface area contributed by atoms with Gasteiger partial charge in [0.15, 0.2) is 0 Å². The number of hydrogen-bond acceptors (Lipinski definition) is 3. The third kappa shape index (κ3) is 3.80. The molecule has 2 rings (SSSR count). The summed E-state index contributed by atoms with van der Waals surface area (Å²) in [5, 5.41) is 0. The van der Waals surface area contributed by atoms with Gasteiger partial charge in [0.05, 0.1) is 5.75 Å². The molecule has 1 unspecified atom stereocenters. The van der Waals surface area contributed by atoms with E-state index in [1.807, 2.05) is 31.2 Å². The lowest BCUT2D eigenvalue weighted by atomic mass is 10.1. The van der Waals surface area contributed by atoms with E-state index in [0.29, 0.717) is 19.5 Å². The SMILES string of the molecule is Cc1ccccc1CS(=O)(=O)NCC1CC(=O)N(C)C1. The highest BCUT2D eigenvalue weighted by Crippen LogP contribution is 2.16. The summed E-state index contributed by atoms with van der Waals surface area (Å²) in [4.78, 5) is 13.0. The second-order valence-electron chi connectivity index (χ2n) is 5.38. The van der Waals surface area contributed by atoms with Crippen molar-refractivity contribution in [2.24, 2.45) is 5.92 Å². The summed E-state index contributed by atoms with van der Waals surface area (Å²) in [6.07, 6.45) is 0.420. The van der Waals surface area contributed by atoms with Crippen molar-refractivity contribution < 1.29 is 13.2 Å². The van der Waals surface area contributed by atoms with Gasteiger partial charge in [-0.25, -0.2) is 13.1 Å². The van der Waals surface area contributed by atoms with E-state index in [9.17, 15) is 13.2 Å². The number of likely N-dealkylation sites (tertiary alicyclic amines) is 1. The Hall–Kier alpha value is -1.40. The van der Waals surface area contributed by atoms with Crippen LogP contribution in [0.4, 0.5) is 0 Å². The van der Waals surface area contributed by atoms with Crippen LogP contribution in [0.5, 0.6) is 0 Å². The quantitative estimate of drug-likeness (QED) is 0.877. The number of carbonyl (C=O) groups excluding carboxylic acids is 1. The molecule has 6 heteroatoms. The smallest absolute Gasteiger partial charge is 0.222 e. The fourth-order valence-electron chi connectivity index (χ4n) is 2.37. The van der Waals surface area contributed by atoms with Crippen molar-refractivity contribution in [2.45, 2.75) is 19.1 Å². The molecular formula is C14H20N2O3S. The number of amides is 1. The molecule has 5 nitrogen and oxygen atoms in total. The summed E-state index contributed by atoms with van der Waals surface area (Å²) in [7, 11) is -1.62. The van der Waals surface area contributed by atoms with Crippen LogP contribution in [-0.2, 0) is 20.6 Å².